The molecule has 3 aromatic rings. The smallest absolute Gasteiger partial charge is 0.328 e. The van der Waals surface area contributed by atoms with E-state index in [4.69, 9.17) is 15.3 Å². The van der Waals surface area contributed by atoms with Gasteiger partial charge in [-0.2, -0.15) is 8.42 Å². The average molecular weight is 569 g/mol. The second kappa shape index (κ2) is 14.7. The number of carbonyl (C=O) groups is 3. The number of nitrogens with one attached hydrogen (secondary N) is 2. The van der Waals surface area contributed by atoms with Crippen LogP contribution in [0.25, 0.3) is 0 Å². The van der Waals surface area contributed by atoms with Gasteiger partial charge in [-0.1, -0.05) is 40.9 Å². The summed E-state index contributed by atoms with van der Waals surface area (Å²) >= 11 is 0. The van der Waals surface area contributed by atoms with Crippen LogP contribution in [0.1, 0.15) is 29.6 Å². The molecule has 3 aromatic carbocycles. The van der Waals surface area contributed by atoms with Crippen LogP contribution < -0.4 is 25.7 Å². The Morgan fingerprint density at radius 2 is 1.52 bits per heavy atom. The predicted molar refractivity (Wildman–Crippen MR) is 149 cm³/mol. The first-order valence-electron chi connectivity index (χ1n) is 12.5. The Kier molecular flexibility index (Phi) is 11.0. The molecule has 1 unspecified atom stereocenters. The molecule has 0 bridgehead atoms. The van der Waals surface area contributed by atoms with Crippen LogP contribution in [-0.4, -0.2) is 52.4 Å². The van der Waals surface area contributed by atoms with Crippen molar-refractivity contribution < 1.29 is 32.4 Å². The highest BCUT2D eigenvalue weighted by Crippen LogP contribution is 2.26. The number of carbonyl (C=O) groups excluding carboxylic acids is 3. The van der Waals surface area contributed by atoms with E-state index in [1.54, 1.807) is 60.7 Å². The fraction of sp³-hybridized carbons (Fsp3) is 0.250. The Bertz CT molecular complexity index is 1370. The van der Waals surface area contributed by atoms with Crippen LogP contribution in [-0.2, 0) is 24.3 Å². The van der Waals surface area contributed by atoms with Crippen molar-refractivity contribution in [2.75, 3.05) is 24.7 Å². The fourth-order valence-corrected chi connectivity index (χ4v) is 4.89. The number of hydrogen-bond acceptors (Lipinski definition) is 8. The highest BCUT2D eigenvalue weighted by molar-refractivity contribution is 7.92. The van der Waals surface area contributed by atoms with Crippen LogP contribution in [0.5, 0.6) is 5.75 Å². The highest BCUT2D eigenvalue weighted by Gasteiger charge is 2.28. The van der Waals surface area contributed by atoms with Crippen LogP contribution >= 0.6 is 0 Å². The average Bonchev–Trinajstić information content (AvgIpc) is 2.98. The molecule has 12 heteroatoms. The lowest BCUT2D eigenvalue weighted by Crippen LogP contribution is -2.46. The number of amides is 2. The number of unbranched alkanes of at least 4 members (excludes halogenated alkanes) is 1. The highest BCUT2D eigenvalue weighted by atomic mass is 32.2. The maximum atomic E-state index is 13.5. The third-order valence-corrected chi connectivity index (χ3v) is 7.30. The summed E-state index contributed by atoms with van der Waals surface area (Å²) in [6, 6.07) is 21.1. The van der Waals surface area contributed by atoms with E-state index in [9.17, 15) is 22.8 Å². The van der Waals surface area contributed by atoms with Crippen molar-refractivity contribution in [2.24, 2.45) is 5.73 Å². The molecule has 0 spiro atoms. The normalized spacial score (nSPS) is 11.7. The Balaban J connectivity index is 1.68. The first-order chi connectivity index (χ1) is 19.3. The van der Waals surface area contributed by atoms with Crippen molar-refractivity contribution in [3.8, 4) is 5.75 Å². The summed E-state index contributed by atoms with van der Waals surface area (Å²) in [6.45, 7) is 0.0677. The number of nitrogens with zero attached hydrogens (tertiary/aromatic N) is 1. The van der Waals surface area contributed by atoms with Gasteiger partial charge in [-0.05, 0) is 74.3 Å². The van der Waals surface area contributed by atoms with Gasteiger partial charge < -0.3 is 25.9 Å². The number of hydrogen-bond donors (Lipinski definition) is 3. The molecule has 0 aromatic heterocycles. The van der Waals surface area contributed by atoms with E-state index in [0.717, 1.165) is 4.47 Å². The van der Waals surface area contributed by atoms with Crippen LogP contribution in [0.4, 0.5) is 5.69 Å². The lowest BCUT2D eigenvalue weighted by Gasteiger charge is -2.24. The molecule has 0 saturated carbocycles. The second-order valence-corrected chi connectivity index (χ2v) is 10.4. The molecule has 212 valence electrons. The van der Waals surface area contributed by atoms with Crippen molar-refractivity contribution >= 4 is 33.5 Å². The standard InChI is InChI=1S/C28H32N4O7S/c1-38-28(35)25(14-8-9-19-29)31-26(33)20-30-27(34)21-15-17-24(18-16-21)40(36,37)32(22-10-4-2-5-11-22)39-23-12-6-3-7-13-23/h2-7,10-13,15-18,25H,8-9,14,19-20,29H2,1H3,(H,30,34)(H,31,33). The molecule has 0 heterocycles. The molecule has 0 aliphatic heterocycles. The molecule has 11 nitrogen and oxygen atoms in total. The largest absolute Gasteiger partial charge is 0.467 e. The van der Waals surface area contributed by atoms with Crippen LogP contribution in [0.2, 0.25) is 0 Å². The van der Waals surface area contributed by atoms with E-state index in [-0.39, 0.29) is 16.1 Å². The zero-order valence-electron chi connectivity index (χ0n) is 22.0. The number of sulfonamides is 1. The third kappa shape index (κ3) is 8.29. The van der Waals surface area contributed by atoms with Gasteiger partial charge in [0, 0.05) is 5.56 Å². The van der Waals surface area contributed by atoms with Crippen molar-refractivity contribution in [3.63, 3.8) is 0 Å². The molecule has 0 aliphatic rings. The van der Waals surface area contributed by atoms with Gasteiger partial charge in [0.05, 0.1) is 24.2 Å². The van der Waals surface area contributed by atoms with Crippen molar-refractivity contribution in [3.05, 3.63) is 90.5 Å². The van der Waals surface area contributed by atoms with Gasteiger partial charge in [0.25, 0.3) is 15.9 Å². The Labute approximate surface area is 233 Å². The number of para-hydroxylation sites is 2. The zero-order chi connectivity index (χ0) is 29.0. The fourth-order valence-electron chi connectivity index (χ4n) is 3.63. The zero-order valence-corrected chi connectivity index (χ0v) is 22.8. The van der Waals surface area contributed by atoms with E-state index in [0.29, 0.717) is 31.6 Å². The quantitative estimate of drug-likeness (QED) is 0.152. The summed E-state index contributed by atoms with van der Waals surface area (Å²) in [5.74, 6) is -1.45. The molecule has 2 amide bonds. The SMILES string of the molecule is COC(=O)C(CCCCN)NC(=O)CNC(=O)c1ccc(S(=O)(=O)N(Oc2ccccc2)c2ccccc2)cc1. The first-order valence-corrected chi connectivity index (χ1v) is 14.0. The second-order valence-electron chi connectivity index (χ2n) is 8.61. The molecule has 0 fully saturated rings. The number of rotatable bonds is 14. The number of esters is 1. The number of benzene rings is 3. The van der Waals surface area contributed by atoms with E-state index in [1.165, 1.54) is 31.4 Å². The maximum Gasteiger partial charge on any atom is 0.328 e. The van der Waals surface area contributed by atoms with Crippen molar-refractivity contribution in [1.82, 2.24) is 10.6 Å². The van der Waals surface area contributed by atoms with Gasteiger partial charge in [-0.15, -0.1) is 0 Å². The van der Waals surface area contributed by atoms with Gasteiger partial charge in [0.15, 0.2) is 5.75 Å². The minimum Gasteiger partial charge on any atom is -0.467 e. The molecular weight excluding hydrogens is 536 g/mol. The lowest BCUT2D eigenvalue weighted by atomic mass is 10.1. The number of methoxy groups -OCH3 is 1. The minimum absolute atomic E-state index is 0.111. The van der Waals surface area contributed by atoms with E-state index in [1.807, 2.05) is 0 Å². The van der Waals surface area contributed by atoms with Crippen LogP contribution in [0, 0.1) is 0 Å². The van der Waals surface area contributed by atoms with Crippen molar-refractivity contribution in [1.29, 1.82) is 0 Å². The predicted octanol–water partition coefficient (Wildman–Crippen LogP) is 2.39. The number of nitrogens with two attached hydrogens (primary N) is 1. The molecule has 3 rings (SSSR count). The summed E-state index contributed by atoms with van der Waals surface area (Å²) < 4.78 is 32.6. The summed E-state index contributed by atoms with van der Waals surface area (Å²) in [7, 11) is -2.97. The number of ether oxygens (including phenoxy) is 1. The number of anilines is 1. The summed E-state index contributed by atoms with van der Waals surface area (Å²) in [5, 5.41) is 5.00. The van der Waals surface area contributed by atoms with Crippen molar-refractivity contribution in [2.45, 2.75) is 30.2 Å². The Morgan fingerprint density at radius 3 is 2.12 bits per heavy atom. The summed E-state index contributed by atoms with van der Waals surface area (Å²) in [5.41, 5.74) is 5.89. The molecule has 40 heavy (non-hydrogen) atoms. The summed E-state index contributed by atoms with van der Waals surface area (Å²) in [4.78, 5) is 42.5. The molecule has 4 N–H and O–H groups in total. The van der Waals surface area contributed by atoms with Gasteiger partial charge in [-0.3, -0.25) is 9.59 Å². The van der Waals surface area contributed by atoms with Gasteiger partial charge in [-0.25, -0.2) is 4.79 Å². The maximum absolute atomic E-state index is 13.5. The molecule has 1 atom stereocenters. The lowest BCUT2D eigenvalue weighted by molar-refractivity contribution is -0.145. The Hall–Kier alpha value is -4.42. The van der Waals surface area contributed by atoms with E-state index >= 15 is 0 Å². The molecule has 0 radical (unpaired) electrons. The van der Waals surface area contributed by atoms with Gasteiger partial charge >= 0.3 is 5.97 Å². The summed E-state index contributed by atoms with van der Waals surface area (Å²) in [6.07, 6.45) is 1.66. The molecule has 0 saturated heterocycles. The third-order valence-electron chi connectivity index (χ3n) is 5.71. The van der Waals surface area contributed by atoms with E-state index in [2.05, 4.69) is 10.6 Å². The first kappa shape index (κ1) is 30.1. The van der Waals surface area contributed by atoms with Gasteiger partial charge in [0.2, 0.25) is 5.91 Å². The molecule has 0 aliphatic carbocycles. The van der Waals surface area contributed by atoms with Crippen LogP contribution in [0.15, 0.2) is 89.8 Å². The Morgan fingerprint density at radius 1 is 0.900 bits per heavy atom. The molecular formula is C28H32N4O7S. The minimum atomic E-state index is -4.19. The van der Waals surface area contributed by atoms with Crippen LogP contribution in [0.3, 0.4) is 0 Å². The van der Waals surface area contributed by atoms with Gasteiger partial charge in [0.1, 0.15) is 6.04 Å². The monoisotopic (exact) mass is 568 g/mol. The van der Waals surface area contributed by atoms with E-state index < -0.39 is 40.4 Å². The topological polar surface area (TPSA) is 157 Å².